The SMILES string of the molecule is CCC(CC)C(=O)N1C[C@H](O)C[C@H]1C(=O)N[C@H](Cc1ccc2ccccc2c1)C(=O)NCCCN. The molecule has 0 unspecified atom stereocenters. The normalized spacial score (nSPS) is 18.6. The van der Waals surface area contributed by atoms with E-state index in [9.17, 15) is 19.5 Å². The first-order valence-electron chi connectivity index (χ1n) is 12.6. The van der Waals surface area contributed by atoms with Gasteiger partial charge in [0.15, 0.2) is 0 Å². The lowest BCUT2D eigenvalue weighted by atomic mass is 10.00. The fourth-order valence-electron chi connectivity index (χ4n) is 4.69. The number of aliphatic hydroxyl groups is 1. The number of β-amino-alcohol motifs (C(OH)–C–C–N with tert-alkyl or cyclic N) is 1. The van der Waals surface area contributed by atoms with Crippen LogP contribution in [0, 0.1) is 5.92 Å². The van der Waals surface area contributed by atoms with Crippen molar-refractivity contribution in [2.75, 3.05) is 19.6 Å². The van der Waals surface area contributed by atoms with Gasteiger partial charge >= 0.3 is 0 Å². The van der Waals surface area contributed by atoms with Crippen LogP contribution in [0.4, 0.5) is 0 Å². The highest BCUT2D eigenvalue weighted by Gasteiger charge is 2.41. The Balaban J connectivity index is 1.79. The number of hydrogen-bond acceptors (Lipinski definition) is 5. The van der Waals surface area contributed by atoms with E-state index in [1.165, 1.54) is 4.90 Å². The Labute approximate surface area is 207 Å². The molecule has 3 atom stereocenters. The summed E-state index contributed by atoms with van der Waals surface area (Å²) in [5.41, 5.74) is 6.47. The molecule has 1 heterocycles. The van der Waals surface area contributed by atoms with Crippen molar-refractivity contribution >= 4 is 28.5 Å². The molecule has 0 bridgehead atoms. The molecule has 5 N–H and O–H groups in total. The lowest BCUT2D eigenvalue weighted by Crippen LogP contribution is -2.54. The summed E-state index contributed by atoms with van der Waals surface area (Å²) < 4.78 is 0. The Morgan fingerprint density at radius 1 is 1.11 bits per heavy atom. The van der Waals surface area contributed by atoms with Crippen molar-refractivity contribution in [2.45, 2.75) is 64.1 Å². The highest BCUT2D eigenvalue weighted by Crippen LogP contribution is 2.24. The Hall–Kier alpha value is -2.97. The summed E-state index contributed by atoms with van der Waals surface area (Å²) in [7, 11) is 0. The topological polar surface area (TPSA) is 125 Å². The van der Waals surface area contributed by atoms with E-state index in [1.807, 2.05) is 56.3 Å². The van der Waals surface area contributed by atoms with Gasteiger partial charge in [-0.2, -0.15) is 0 Å². The minimum Gasteiger partial charge on any atom is -0.391 e. The zero-order chi connectivity index (χ0) is 25.4. The van der Waals surface area contributed by atoms with Crippen LogP contribution in [0.5, 0.6) is 0 Å². The zero-order valence-corrected chi connectivity index (χ0v) is 20.7. The molecule has 3 rings (SSSR count). The number of nitrogens with two attached hydrogens (primary N) is 1. The Morgan fingerprint density at radius 2 is 1.83 bits per heavy atom. The van der Waals surface area contributed by atoms with Crippen molar-refractivity contribution in [2.24, 2.45) is 11.7 Å². The maximum absolute atomic E-state index is 13.3. The molecule has 8 heteroatoms. The van der Waals surface area contributed by atoms with Crippen molar-refractivity contribution in [3.8, 4) is 0 Å². The van der Waals surface area contributed by atoms with E-state index >= 15 is 0 Å². The monoisotopic (exact) mass is 482 g/mol. The van der Waals surface area contributed by atoms with Crippen LogP contribution in [-0.4, -0.2) is 65.5 Å². The van der Waals surface area contributed by atoms with Crippen LogP contribution in [-0.2, 0) is 20.8 Å². The molecule has 3 amide bonds. The molecule has 0 aromatic heterocycles. The molecule has 0 aliphatic carbocycles. The summed E-state index contributed by atoms with van der Waals surface area (Å²) in [5, 5.41) is 18.1. The van der Waals surface area contributed by atoms with Crippen LogP contribution in [0.2, 0.25) is 0 Å². The highest BCUT2D eigenvalue weighted by atomic mass is 16.3. The second kappa shape index (κ2) is 12.7. The van der Waals surface area contributed by atoms with Gasteiger partial charge in [0, 0.05) is 31.8 Å². The predicted octanol–water partition coefficient (Wildman–Crippen LogP) is 1.73. The lowest BCUT2D eigenvalue weighted by molar-refractivity contribution is -0.142. The number of amides is 3. The molecule has 1 aliphatic rings. The molecular weight excluding hydrogens is 444 g/mol. The van der Waals surface area contributed by atoms with Crippen molar-refractivity contribution in [3.63, 3.8) is 0 Å². The van der Waals surface area contributed by atoms with E-state index in [0.29, 0.717) is 38.8 Å². The summed E-state index contributed by atoms with van der Waals surface area (Å²) in [6.45, 7) is 4.89. The zero-order valence-electron chi connectivity index (χ0n) is 20.7. The standard InChI is InChI=1S/C27H38N4O4/c1-3-19(4-2)27(35)31-17-22(32)16-24(31)26(34)30-23(25(33)29-13-7-12-28)15-18-10-11-20-8-5-6-9-21(20)14-18/h5-6,8-11,14,19,22-24,32H,3-4,7,12-13,15-17,28H2,1-2H3,(H,29,33)(H,30,34)/t22-,23-,24+/m1/s1. The van der Waals surface area contributed by atoms with Gasteiger partial charge in [0.2, 0.25) is 17.7 Å². The molecule has 1 aliphatic heterocycles. The third kappa shape index (κ3) is 6.80. The highest BCUT2D eigenvalue weighted by molar-refractivity contribution is 5.93. The van der Waals surface area contributed by atoms with Gasteiger partial charge in [0.1, 0.15) is 12.1 Å². The van der Waals surface area contributed by atoms with Crippen molar-refractivity contribution < 1.29 is 19.5 Å². The molecule has 2 aromatic rings. The van der Waals surface area contributed by atoms with Gasteiger partial charge in [-0.15, -0.1) is 0 Å². The van der Waals surface area contributed by atoms with Gasteiger partial charge in [-0.1, -0.05) is 56.3 Å². The average molecular weight is 483 g/mol. The van der Waals surface area contributed by atoms with Gasteiger partial charge in [0.05, 0.1) is 6.10 Å². The first-order chi connectivity index (χ1) is 16.9. The van der Waals surface area contributed by atoms with Crippen molar-refractivity contribution in [1.82, 2.24) is 15.5 Å². The number of aliphatic hydroxyl groups excluding tert-OH is 1. The van der Waals surface area contributed by atoms with Crippen LogP contribution in [0.1, 0.15) is 45.1 Å². The molecule has 1 fully saturated rings. The number of nitrogens with zero attached hydrogens (tertiary/aromatic N) is 1. The molecular formula is C27H38N4O4. The second-order valence-corrected chi connectivity index (χ2v) is 9.29. The fraction of sp³-hybridized carbons (Fsp3) is 0.519. The number of likely N-dealkylation sites (tertiary alicyclic amines) is 1. The summed E-state index contributed by atoms with van der Waals surface area (Å²) in [5.74, 6) is -1.02. The second-order valence-electron chi connectivity index (χ2n) is 9.29. The summed E-state index contributed by atoms with van der Waals surface area (Å²) >= 11 is 0. The quantitative estimate of drug-likeness (QED) is 0.363. The van der Waals surface area contributed by atoms with Gasteiger partial charge in [-0.25, -0.2) is 0 Å². The summed E-state index contributed by atoms with van der Waals surface area (Å²) in [4.78, 5) is 40.9. The van der Waals surface area contributed by atoms with Gasteiger partial charge in [0.25, 0.3) is 0 Å². The molecule has 1 saturated heterocycles. The Kier molecular flexibility index (Phi) is 9.63. The van der Waals surface area contributed by atoms with Crippen LogP contribution in [0.3, 0.4) is 0 Å². The number of nitrogens with one attached hydrogen (secondary N) is 2. The molecule has 8 nitrogen and oxygen atoms in total. The minimum absolute atomic E-state index is 0.120. The first kappa shape index (κ1) is 26.6. The smallest absolute Gasteiger partial charge is 0.243 e. The van der Waals surface area contributed by atoms with Crippen LogP contribution < -0.4 is 16.4 Å². The molecule has 0 spiro atoms. The number of rotatable bonds is 11. The van der Waals surface area contributed by atoms with Crippen molar-refractivity contribution in [3.05, 3.63) is 48.0 Å². The van der Waals surface area contributed by atoms with E-state index in [1.54, 1.807) is 0 Å². The fourth-order valence-corrected chi connectivity index (χ4v) is 4.69. The number of hydrogen-bond donors (Lipinski definition) is 4. The maximum atomic E-state index is 13.3. The van der Waals surface area contributed by atoms with E-state index in [-0.39, 0.29) is 30.7 Å². The lowest BCUT2D eigenvalue weighted by Gasteiger charge is -2.28. The van der Waals surface area contributed by atoms with Crippen LogP contribution in [0.25, 0.3) is 10.8 Å². The number of benzene rings is 2. The molecule has 0 radical (unpaired) electrons. The Morgan fingerprint density at radius 3 is 2.51 bits per heavy atom. The van der Waals surface area contributed by atoms with E-state index < -0.39 is 24.1 Å². The maximum Gasteiger partial charge on any atom is 0.243 e. The number of fused-ring (bicyclic) bond motifs is 1. The van der Waals surface area contributed by atoms with Crippen LogP contribution >= 0.6 is 0 Å². The van der Waals surface area contributed by atoms with Crippen molar-refractivity contribution in [1.29, 1.82) is 0 Å². The molecule has 35 heavy (non-hydrogen) atoms. The predicted molar refractivity (Wildman–Crippen MR) is 136 cm³/mol. The minimum atomic E-state index is -0.815. The average Bonchev–Trinajstić information content (AvgIpc) is 3.26. The summed E-state index contributed by atoms with van der Waals surface area (Å²) in [6.07, 6.45) is 1.68. The molecule has 0 saturated carbocycles. The summed E-state index contributed by atoms with van der Waals surface area (Å²) in [6, 6.07) is 12.3. The van der Waals surface area contributed by atoms with Gasteiger partial charge < -0.3 is 26.4 Å². The number of carbonyl (C=O) groups is 3. The van der Waals surface area contributed by atoms with Gasteiger partial charge in [-0.05, 0) is 42.1 Å². The third-order valence-corrected chi connectivity index (χ3v) is 6.77. The number of carbonyl (C=O) groups excluding carboxylic acids is 3. The Bertz CT molecular complexity index is 1020. The van der Waals surface area contributed by atoms with E-state index in [2.05, 4.69) is 10.6 Å². The molecule has 2 aromatic carbocycles. The largest absolute Gasteiger partial charge is 0.391 e. The third-order valence-electron chi connectivity index (χ3n) is 6.77. The first-order valence-corrected chi connectivity index (χ1v) is 12.6. The molecule has 190 valence electrons. The van der Waals surface area contributed by atoms with E-state index in [4.69, 9.17) is 5.73 Å². The van der Waals surface area contributed by atoms with Gasteiger partial charge in [-0.3, -0.25) is 14.4 Å². The van der Waals surface area contributed by atoms with Crippen LogP contribution in [0.15, 0.2) is 42.5 Å². The van der Waals surface area contributed by atoms with E-state index in [0.717, 1.165) is 16.3 Å².